The molecule has 0 aliphatic carbocycles. The molecule has 0 radical (unpaired) electrons. The summed E-state index contributed by atoms with van der Waals surface area (Å²) in [6.45, 7) is 3.63. The Bertz CT molecular complexity index is 629. The SMILES string of the molecule is CC(NC(=O)C1Oc2ccccc2OC1C)c1ncn[nH]1. The van der Waals surface area contributed by atoms with Crippen molar-refractivity contribution in [2.24, 2.45) is 0 Å². The Hall–Kier alpha value is -2.57. The molecule has 3 rings (SSSR count). The Morgan fingerprint density at radius 3 is 2.71 bits per heavy atom. The van der Waals surface area contributed by atoms with E-state index in [-0.39, 0.29) is 18.1 Å². The molecule has 1 aromatic carbocycles. The van der Waals surface area contributed by atoms with Crippen molar-refractivity contribution in [2.45, 2.75) is 32.1 Å². The van der Waals surface area contributed by atoms with E-state index in [4.69, 9.17) is 9.47 Å². The number of hydrogen-bond acceptors (Lipinski definition) is 5. The predicted octanol–water partition coefficient (Wildman–Crippen LogP) is 1.21. The number of ether oxygens (including phenoxy) is 2. The molecule has 1 aliphatic heterocycles. The molecule has 3 atom stereocenters. The summed E-state index contributed by atoms with van der Waals surface area (Å²) in [4.78, 5) is 16.4. The summed E-state index contributed by atoms with van der Waals surface area (Å²) < 4.78 is 11.5. The summed E-state index contributed by atoms with van der Waals surface area (Å²) in [5.41, 5.74) is 0. The number of H-pyrrole nitrogens is 1. The van der Waals surface area contributed by atoms with Gasteiger partial charge in [-0.25, -0.2) is 4.98 Å². The third-order valence-corrected chi connectivity index (χ3v) is 3.30. The summed E-state index contributed by atoms with van der Waals surface area (Å²) in [6, 6.07) is 7.01. The predicted molar refractivity (Wildman–Crippen MR) is 73.9 cm³/mol. The molecule has 1 amide bonds. The van der Waals surface area contributed by atoms with E-state index in [9.17, 15) is 4.79 Å². The average Bonchev–Trinajstić information content (AvgIpc) is 3.00. The number of hydrogen-bond donors (Lipinski definition) is 2. The van der Waals surface area contributed by atoms with E-state index in [0.717, 1.165) is 0 Å². The van der Waals surface area contributed by atoms with Gasteiger partial charge in [0.25, 0.3) is 5.91 Å². The molecule has 0 saturated heterocycles. The lowest BCUT2D eigenvalue weighted by Gasteiger charge is -2.31. The Labute approximate surface area is 121 Å². The summed E-state index contributed by atoms with van der Waals surface area (Å²) in [6.07, 6.45) is 0.323. The van der Waals surface area contributed by atoms with Gasteiger partial charge in [-0.3, -0.25) is 9.89 Å². The molecule has 7 nitrogen and oxygen atoms in total. The maximum Gasteiger partial charge on any atom is 0.265 e. The Kier molecular flexibility index (Phi) is 3.47. The molecule has 2 N–H and O–H groups in total. The lowest BCUT2D eigenvalue weighted by molar-refractivity contribution is -0.134. The van der Waals surface area contributed by atoms with E-state index in [0.29, 0.717) is 17.3 Å². The highest BCUT2D eigenvalue weighted by atomic mass is 16.6. The van der Waals surface area contributed by atoms with Crippen molar-refractivity contribution < 1.29 is 14.3 Å². The Morgan fingerprint density at radius 2 is 2.05 bits per heavy atom. The number of nitrogens with one attached hydrogen (secondary N) is 2. The van der Waals surface area contributed by atoms with Gasteiger partial charge in [0.1, 0.15) is 18.3 Å². The first-order chi connectivity index (χ1) is 10.1. The smallest absolute Gasteiger partial charge is 0.265 e. The zero-order chi connectivity index (χ0) is 14.8. The average molecular weight is 288 g/mol. The van der Waals surface area contributed by atoms with Crippen LogP contribution in [-0.2, 0) is 4.79 Å². The Morgan fingerprint density at radius 1 is 1.33 bits per heavy atom. The molecule has 3 unspecified atom stereocenters. The number of benzene rings is 1. The van der Waals surface area contributed by atoms with Crippen molar-refractivity contribution in [3.05, 3.63) is 36.4 Å². The number of fused-ring (bicyclic) bond motifs is 1. The number of carbonyl (C=O) groups excluding carboxylic acids is 1. The van der Waals surface area contributed by atoms with E-state index in [2.05, 4.69) is 20.5 Å². The van der Waals surface area contributed by atoms with Gasteiger partial charge in [-0.05, 0) is 26.0 Å². The van der Waals surface area contributed by atoms with Gasteiger partial charge in [-0.2, -0.15) is 5.10 Å². The second-order valence-corrected chi connectivity index (χ2v) is 4.91. The second-order valence-electron chi connectivity index (χ2n) is 4.91. The molecule has 0 fully saturated rings. The molecule has 0 saturated carbocycles. The number of nitrogens with zero attached hydrogens (tertiary/aromatic N) is 2. The van der Waals surface area contributed by atoms with Crippen LogP contribution in [0.4, 0.5) is 0 Å². The van der Waals surface area contributed by atoms with Crippen LogP contribution < -0.4 is 14.8 Å². The van der Waals surface area contributed by atoms with Gasteiger partial charge in [0.05, 0.1) is 6.04 Å². The summed E-state index contributed by atoms with van der Waals surface area (Å²) in [5.74, 6) is 1.56. The topological polar surface area (TPSA) is 89.1 Å². The first-order valence-corrected chi connectivity index (χ1v) is 6.73. The molecule has 2 aromatic rings. The summed E-state index contributed by atoms with van der Waals surface area (Å²) in [7, 11) is 0. The molecule has 1 aliphatic rings. The lowest BCUT2D eigenvalue weighted by atomic mass is 10.1. The van der Waals surface area contributed by atoms with E-state index in [1.54, 1.807) is 13.0 Å². The standard InChI is InChI=1S/C14H16N4O3/c1-8(13-15-7-16-18-13)17-14(19)12-9(2)20-10-5-3-4-6-11(10)21-12/h3-9,12H,1-2H3,(H,17,19)(H,15,16,18). The van der Waals surface area contributed by atoms with Gasteiger partial charge >= 0.3 is 0 Å². The number of aromatic amines is 1. The molecule has 2 heterocycles. The van der Waals surface area contributed by atoms with Gasteiger partial charge < -0.3 is 14.8 Å². The van der Waals surface area contributed by atoms with Gasteiger partial charge in [0.2, 0.25) is 6.10 Å². The minimum absolute atomic E-state index is 0.249. The van der Waals surface area contributed by atoms with Gasteiger partial charge in [0, 0.05) is 0 Å². The van der Waals surface area contributed by atoms with Crippen LogP contribution in [0.1, 0.15) is 25.7 Å². The van der Waals surface area contributed by atoms with Gasteiger partial charge in [0.15, 0.2) is 11.5 Å². The Balaban J connectivity index is 1.70. The molecular formula is C14H16N4O3. The van der Waals surface area contributed by atoms with Crippen LogP contribution in [0.25, 0.3) is 0 Å². The third-order valence-electron chi connectivity index (χ3n) is 3.30. The molecule has 7 heteroatoms. The fourth-order valence-electron chi connectivity index (χ4n) is 2.19. The van der Waals surface area contributed by atoms with Crippen LogP contribution in [0.3, 0.4) is 0 Å². The van der Waals surface area contributed by atoms with Crippen molar-refractivity contribution in [1.29, 1.82) is 0 Å². The summed E-state index contributed by atoms with van der Waals surface area (Å²) in [5, 5.41) is 9.32. The number of para-hydroxylation sites is 2. The van der Waals surface area contributed by atoms with Crippen molar-refractivity contribution in [3.8, 4) is 11.5 Å². The number of rotatable bonds is 3. The first kappa shape index (κ1) is 13.4. The van der Waals surface area contributed by atoms with E-state index < -0.39 is 6.10 Å². The van der Waals surface area contributed by atoms with Crippen molar-refractivity contribution in [3.63, 3.8) is 0 Å². The largest absolute Gasteiger partial charge is 0.482 e. The van der Waals surface area contributed by atoms with Gasteiger partial charge in [-0.1, -0.05) is 12.1 Å². The third kappa shape index (κ3) is 2.67. The minimum atomic E-state index is -0.703. The molecule has 0 spiro atoms. The van der Waals surface area contributed by atoms with Crippen LogP contribution >= 0.6 is 0 Å². The van der Waals surface area contributed by atoms with Crippen LogP contribution in [0.5, 0.6) is 11.5 Å². The van der Waals surface area contributed by atoms with E-state index in [1.807, 2.05) is 25.1 Å². The fourth-order valence-corrected chi connectivity index (χ4v) is 2.19. The highest BCUT2D eigenvalue weighted by molar-refractivity contribution is 5.82. The fraction of sp³-hybridized carbons (Fsp3) is 0.357. The number of carbonyl (C=O) groups is 1. The summed E-state index contributed by atoms with van der Waals surface area (Å²) >= 11 is 0. The quantitative estimate of drug-likeness (QED) is 0.886. The van der Waals surface area contributed by atoms with Gasteiger partial charge in [-0.15, -0.1) is 0 Å². The molecule has 0 bridgehead atoms. The lowest BCUT2D eigenvalue weighted by Crippen LogP contribution is -2.49. The monoisotopic (exact) mass is 288 g/mol. The molecule has 1 aromatic heterocycles. The van der Waals surface area contributed by atoms with Crippen molar-refractivity contribution >= 4 is 5.91 Å². The van der Waals surface area contributed by atoms with Crippen LogP contribution in [-0.4, -0.2) is 33.3 Å². The van der Waals surface area contributed by atoms with E-state index in [1.165, 1.54) is 6.33 Å². The molecule has 110 valence electrons. The van der Waals surface area contributed by atoms with Crippen molar-refractivity contribution in [1.82, 2.24) is 20.5 Å². The highest BCUT2D eigenvalue weighted by Crippen LogP contribution is 2.33. The zero-order valence-electron chi connectivity index (χ0n) is 11.7. The van der Waals surface area contributed by atoms with Crippen molar-refractivity contribution in [2.75, 3.05) is 0 Å². The van der Waals surface area contributed by atoms with Crippen LogP contribution in [0, 0.1) is 0 Å². The molecule has 21 heavy (non-hydrogen) atoms. The molecular weight excluding hydrogens is 272 g/mol. The highest BCUT2D eigenvalue weighted by Gasteiger charge is 2.34. The first-order valence-electron chi connectivity index (χ1n) is 6.73. The second kappa shape index (κ2) is 5.43. The minimum Gasteiger partial charge on any atom is -0.482 e. The maximum atomic E-state index is 12.3. The van der Waals surface area contributed by atoms with Crippen LogP contribution in [0.2, 0.25) is 0 Å². The normalized spacial score (nSPS) is 21.6. The zero-order valence-corrected chi connectivity index (χ0v) is 11.7. The van der Waals surface area contributed by atoms with E-state index >= 15 is 0 Å². The van der Waals surface area contributed by atoms with Crippen LogP contribution in [0.15, 0.2) is 30.6 Å². The number of amides is 1. The number of aromatic nitrogens is 3. The maximum absolute atomic E-state index is 12.3.